The Bertz CT molecular complexity index is 2010. The largest absolute Gasteiger partial charge is 0.514 e. The summed E-state index contributed by atoms with van der Waals surface area (Å²) < 4.78 is 33.7. The molecule has 4 atom stereocenters. The zero-order chi connectivity index (χ0) is 75.7. The zero-order valence-corrected chi connectivity index (χ0v) is 68.2. The summed E-state index contributed by atoms with van der Waals surface area (Å²) in [6, 6.07) is 5.31. The normalized spacial score (nSPS) is 12.5. The van der Waals surface area contributed by atoms with Gasteiger partial charge in [-0.2, -0.15) is 0 Å². The van der Waals surface area contributed by atoms with E-state index in [1.54, 1.807) is 0 Å². The van der Waals surface area contributed by atoms with E-state index in [0.717, 1.165) is 143 Å². The van der Waals surface area contributed by atoms with Crippen molar-refractivity contribution in [2.24, 2.45) is 11.8 Å². The molecular weight excluding hydrogens is 1290 g/mol. The quantitative estimate of drug-likeness (QED) is 0.0161. The van der Waals surface area contributed by atoms with E-state index in [1.165, 1.54) is 178 Å². The van der Waals surface area contributed by atoms with E-state index in [1.807, 2.05) is 0 Å². The highest BCUT2D eigenvalue weighted by Crippen LogP contribution is 2.25. The Morgan fingerprint density at radius 3 is 1.02 bits per heavy atom. The number of benzene rings is 1. The predicted octanol–water partition coefficient (Wildman–Crippen LogP) is 22.1. The summed E-state index contributed by atoms with van der Waals surface area (Å²) >= 11 is 0. The third-order valence-corrected chi connectivity index (χ3v) is 19.9. The summed E-state index contributed by atoms with van der Waals surface area (Å²) in [5.74, 6) is 0.792. The Balaban J connectivity index is 0. The van der Waals surface area contributed by atoms with E-state index in [0.29, 0.717) is 83.1 Å². The lowest BCUT2D eigenvalue weighted by Crippen LogP contribution is -2.37. The number of ether oxygens (including phenoxy) is 6. The molecular formula is C84H161N5O13. The topological polar surface area (TPSA) is 200 Å². The Hall–Kier alpha value is -4.10. The van der Waals surface area contributed by atoms with Gasteiger partial charge in [-0.25, -0.2) is 9.59 Å². The Morgan fingerprint density at radius 1 is 0.373 bits per heavy atom. The van der Waals surface area contributed by atoms with Crippen LogP contribution in [0.1, 0.15) is 353 Å². The molecule has 0 bridgehead atoms. The maximum Gasteiger partial charge on any atom is 0.514 e. The maximum atomic E-state index is 12.7. The molecule has 0 fully saturated rings. The molecule has 0 aliphatic rings. The van der Waals surface area contributed by atoms with Crippen molar-refractivity contribution in [1.82, 2.24) is 19.6 Å². The fourth-order valence-corrected chi connectivity index (χ4v) is 12.7. The molecule has 0 aliphatic heterocycles. The van der Waals surface area contributed by atoms with E-state index >= 15 is 0 Å². The van der Waals surface area contributed by atoms with Crippen LogP contribution in [0, 0.1) is 22.0 Å². The van der Waals surface area contributed by atoms with Crippen molar-refractivity contribution in [2.45, 2.75) is 365 Å². The number of nitro benzene ring substituents is 1. The van der Waals surface area contributed by atoms with Crippen molar-refractivity contribution in [3.05, 3.63) is 34.4 Å². The zero-order valence-electron chi connectivity index (χ0n) is 68.2. The van der Waals surface area contributed by atoms with Crippen LogP contribution in [0.25, 0.3) is 0 Å². The molecule has 600 valence electrons. The van der Waals surface area contributed by atoms with Crippen LogP contribution >= 0.6 is 0 Å². The third-order valence-electron chi connectivity index (χ3n) is 19.9. The second-order valence-corrected chi connectivity index (χ2v) is 28.4. The van der Waals surface area contributed by atoms with Gasteiger partial charge in [0.15, 0.2) is 0 Å². The van der Waals surface area contributed by atoms with Gasteiger partial charge < -0.3 is 48.2 Å². The highest BCUT2D eigenvalue weighted by molar-refractivity contribution is 5.69. The van der Waals surface area contributed by atoms with Crippen molar-refractivity contribution < 1.29 is 57.6 Å². The third kappa shape index (κ3) is 63.2. The van der Waals surface area contributed by atoms with Crippen molar-refractivity contribution in [3.63, 3.8) is 0 Å². The van der Waals surface area contributed by atoms with Gasteiger partial charge in [0.2, 0.25) is 0 Å². The van der Waals surface area contributed by atoms with Gasteiger partial charge >= 0.3 is 24.2 Å². The number of nitro groups is 1. The molecule has 1 N–H and O–H groups in total. The first kappa shape index (κ1) is 100.0. The first-order chi connectivity index (χ1) is 49.6. The molecule has 0 heterocycles. The summed E-state index contributed by atoms with van der Waals surface area (Å²) in [4.78, 5) is 70.2. The van der Waals surface area contributed by atoms with Gasteiger partial charge in [-0.05, 0) is 140 Å². The molecule has 1 aromatic carbocycles. The molecule has 0 amide bonds. The monoisotopic (exact) mass is 1450 g/mol. The number of nitrogens with zero attached hydrogens (tertiary/aromatic N) is 5. The van der Waals surface area contributed by atoms with Crippen LogP contribution in [0.15, 0.2) is 24.3 Å². The molecule has 18 nitrogen and oxygen atoms in total. The number of unbranched alkanes of at least 4 members (excludes halogenated alkanes) is 24. The van der Waals surface area contributed by atoms with E-state index in [-0.39, 0.29) is 42.2 Å². The minimum atomic E-state index is -0.837. The van der Waals surface area contributed by atoms with Crippen molar-refractivity contribution in [3.8, 4) is 5.75 Å². The van der Waals surface area contributed by atoms with E-state index in [9.17, 15) is 29.3 Å². The molecule has 102 heavy (non-hydrogen) atoms. The minimum absolute atomic E-state index is 0.0808. The van der Waals surface area contributed by atoms with Crippen LogP contribution < -0.4 is 4.74 Å². The number of hydrogen-bond donors (Lipinski definition) is 1. The number of non-ortho nitro benzene ring substituents is 1. The van der Waals surface area contributed by atoms with Crippen LogP contribution in [-0.2, 0) is 33.3 Å². The second kappa shape index (κ2) is 75.1. The lowest BCUT2D eigenvalue weighted by molar-refractivity contribution is -0.384. The minimum Gasteiger partial charge on any atom is -0.465 e. The van der Waals surface area contributed by atoms with Crippen molar-refractivity contribution >= 4 is 29.9 Å². The first-order valence-corrected chi connectivity index (χ1v) is 42.4. The summed E-state index contributed by atoms with van der Waals surface area (Å²) in [6.07, 6.45) is 43.8. The van der Waals surface area contributed by atoms with E-state index in [2.05, 4.69) is 103 Å². The van der Waals surface area contributed by atoms with Gasteiger partial charge in [0, 0.05) is 64.2 Å². The van der Waals surface area contributed by atoms with E-state index in [4.69, 9.17) is 33.5 Å². The molecule has 0 saturated carbocycles. The SMILES string of the molecule is CCCCCCCCC(CCCCCC)COC(=O)CCCC(CCCCCCC)OC(=O)OCCN(CC)CCN(CC)CC.CCCCCCCCC(CCCCCC)COC(=O)CCCC(CCCCCCC)OC(=O)Oc1ccc([N+](=O)[O-])cc1.CCN(CC)CCN(CC)CCO. The molecule has 0 saturated heterocycles. The van der Waals surface area contributed by atoms with Gasteiger partial charge in [0.25, 0.3) is 5.69 Å². The van der Waals surface area contributed by atoms with Gasteiger partial charge in [-0.15, -0.1) is 0 Å². The van der Waals surface area contributed by atoms with Gasteiger partial charge in [-0.3, -0.25) is 24.6 Å². The highest BCUT2D eigenvalue weighted by Gasteiger charge is 2.21. The highest BCUT2D eigenvalue weighted by atomic mass is 16.7. The molecule has 0 radical (unpaired) electrons. The predicted molar refractivity (Wildman–Crippen MR) is 424 cm³/mol. The number of hydrogen-bond acceptors (Lipinski definition) is 17. The van der Waals surface area contributed by atoms with Gasteiger partial charge in [0.1, 0.15) is 24.6 Å². The molecule has 0 aromatic heterocycles. The number of carbonyl (C=O) groups is 4. The van der Waals surface area contributed by atoms with Crippen LogP contribution in [0.2, 0.25) is 0 Å². The Labute approximate surface area is 626 Å². The molecule has 1 rings (SSSR count). The average molecular weight is 1450 g/mol. The molecule has 0 spiro atoms. The standard InChI is InChI=1S/C39H78N2O5.C35H59NO7.C10H24N2O/c1-7-13-16-19-21-23-27-36(26-22-18-15-9-3)35-45-38(42)30-25-29-37(28-24-20-17-14-8-2)46-39(43)44-34-33-41(12-6)32-31-40(10-4)11-5;1-4-7-10-13-15-17-21-30(20-16-12-9-6-3)29-41-34(37)24-19-23-32(22-18-14-11-8-5-2)42-35(38)43-33-27-25-31(26-28-33)36(39)40;1-4-11(5-2)7-8-12(6-3)9-10-13/h36-37H,7-35H2,1-6H3;25-28,30,32H,4-24,29H2,1-3H3;13H,4-10H2,1-3H3. The summed E-state index contributed by atoms with van der Waals surface area (Å²) in [5, 5.41) is 19.6. The van der Waals surface area contributed by atoms with Crippen LogP contribution in [0.4, 0.5) is 15.3 Å². The summed E-state index contributed by atoms with van der Waals surface area (Å²) in [7, 11) is 0. The van der Waals surface area contributed by atoms with Crippen molar-refractivity contribution in [2.75, 3.05) is 105 Å². The molecule has 18 heteroatoms. The van der Waals surface area contributed by atoms with E-state index < -0.39 is 17.2 Å². The number of aliphatic hydroxyl groups excluding tert-OH is 1. The number of esters is 2. The van der Waals surface area contributed by atoms with Crippen LogP contribution in [0.3, 0.4) is 0 Å². The average Bonchev–Trinajstić information content (AvgIpc) is 0.898. The van der Waals surface area contributed by atoms with Gasteiger partial charge in [-0.1, -0.05) is 263 Å². The fourth-order valence-electron chi connectivity index (χ4n) is 12.7. The number of carbonyl (C=O) groups excluding carboxylic acids is 4. The number of rotatable bonds is 69. The Morgan fingerprint density at radius 2 is 0.676 bits per heavy atom. The first-order valence-electron chi connectivity index (χ1n) is 42.4. The lowest BCUT2D eigenvalue weighted by atomic mass is 9.95. The lowest BCUT2D eigenvalue weighted by Gasteiger charge is -2.25. The summed E-state index contributed by atoms with van der Waals surface area (Å²) in [5.41, 5.74) is -0.0808. The fraction of sp³-hybridized carbons (Fsp3) is 0.881. The molecule has 1 aromatic rings. The maximum absolute atomic E-state index is 12.7. The van der Waals surface area contributed by atoms with Crippen LogP contribution in [-0.4, -0.2) is 171 Å². The molecule has 0 aliphatic carbocycles. The van der Waals surface area contributed by atoms with Crippen molar-refractivity contribution in [1.29, 1.82) is 0 Å². The van der Waals surface area contributed by atoms with Crippen LogP contribution in [0.5, 0.6) is 5.75 Å². The smallest absolute Gasteiger partial charge is 0.465 e. The Kier molecular flexibility index (Phi) is 73.6. The second-order valence-electron chi connectivity index (χ2n) is 28.4. The molecule has 4 unspecified atom stereocenters. The van der Waals surface area contributed by atoms with Gasteiger partial charge in [0.05, 0.1) is 24.7 Å². The number of likely N-dealkylation sites (N-methyl/N-ethyl adjacent to an activating group) is 4. The summed E-state index contributed by atoms with van der Waals surface area (Å²) in [6.45, 7) is 40.0. The number of aliphatic hydroxyl groups is 1.